The van der Waals surface area contributed by atoms with Crippen LogP contribution in [0.1, 0.15) is 17.0 Å². The largest absolute Gasteiger partial charge is 0.482 e. The maximum Gasteiger partial charge on any atom is 0.349 e. The standard InChI is InChI=1S/C25H19ClN2O4S/c1-33-19-9-2-15(3-10-19)24-20-11-8-18(12-22(20)32-25(28)21(24)13-27)31-23(29)14-30-17-6-4-16(26)5-7-17/h2-12,24H,14,28H2,1H3. The first-order chi connectivity index (χ1) is 16.0. The number of carbonyl (C=O) groups excluding carboxylic acids is 1. The van der Waals surface area contributed by atoms with Gasteiger partial charge >= 0.3 is 5.97 Å². The molecule has 3 aromatic rings. The highest BCUT2D eigenvalue weighted by molar-refractivity contribution is 7.98. The molecule has 0 saturated heterocycles. The molecule has 1 unspecified atom stereocenters. The van der Waals surface area contributed by atoms with Crippen molar-refractivity contribution in [2.45, 2.75) is 10.8 Å². The van der Waals surface area contributed by atoms with Crippen molar-refractivity contribution in [3.8, 4) is 23.3 Å². The minimum Gasteiger partial charge on any atom is -0.482 e. The number of carbonyl (C=O) groups is 1. The fourth-order valence-electron chi connectivity index (χ4n) is 3.47. The summed E-state index contributed by atoms with van der Waals surface area (Å²) in [7, 11) is 0. The number of nitriles is 1. The molecule has 0 aromatic heterocycles. The first-order valence-corrected chi connectivity index (χ1v) is 11.5. The maximum absolute atomic E-state index is 12.2. The number of halogens is 1. The van der Waals surface area contributed by atoms with E-state index in [0.29, 0.717) is 22.1 Å². The Bertz CT molecular complexity index is 1250. The fourth-order valence-corrected chi connectivity index (χ4v) is 4.01. The van der Waals surface area contributed by atoms with Crippen LogP contribution in [0.5, 0.6) is 17.2 Å². The molecule has 8 heteroatoms. The van der Waals surface area contributed by atoms with E-state index in [2.05, 4.69) is 6.07 Å². The Kier molecular flexibility index (Phi) is 6.78. The molecule has 1 heterocycles. The number of rotatable bonds is 6. The zero-order chi connectivity index (χ0) is 23.4. The predicted molar refractivity (Wildman–Crippen MR) is 127 cm³/mol. The van der Waals surface area contributed by atoms with Gasteiger partial charge in [0.15, 0.2) is 6.61 Å². The Hall–Kier alpha value is -3.60. The first kappa shape index (κ1) is 22.6. The van der Waals surface area contributed by atoms with E-state index in [1.165, 1.54) is 0 Å². The van der Waals surface area contributed by atoms with Gasteiger partial charge in [-0.3, -0.25) is 0 Å². The topological polar surface area (TPSA) is 94.6 Å². The van der Waals surface area contributed by atoms with E-state index >= 15 is 0 Å². The lowest BCUT2D eigenvalue weighted by Crippen LogP contribution is -2.21. The molecule has 4 rings (SSSR count). The van der Waals surface area contributed by atoms with Gasteiger partial charge in [0.25, 0.3) is 0 Å². The Balaban J connectivity index is 1.53. The Morgan fingerprint density at radius 2 is 1.82 bits per heavy atom. The maximum atomic E-state index is 12.2. The summed E-state index contributed by atoms with van der Waals surface area (Å²) in [6, 6.07) is 21.8. The van der Waals surface area contributed by atoms with Gasteiger partial charge in [-0.25, -0.2) is 4.79 Å². The molecule has 0 radical (unpaired) electrons. The molecule has 0 amide bonds. The van der Waals surface area contributed by atoms with Gasteiger partial charge < -0.3 is 19.9 Å². The van der Waals surface area contributed by atoms with Gasteiger partial charge in [0.1, 0.15) is 28.9 Å². The van der Waals surface area contributed by atoms with E-state index in [-0.39, 0.29) is 24.2 Å². The SMILES string of the molecule is CSc1ccc(C2C(C#N)=C(N)Oc3cc(OC(=O)COc4ccc(Cl)cc4)ccc32)cc1. The molecule has 166 valence electrons. The minimum absolute atomic E-state index is 0.0264. The lowest BCUT2D eigenvalue weighted by molar-refractivity contribution is -0.136. The summed E-state index contributed by atoms with van der Waals surface area (Å²) in [6.07, 6.45) is 2.00. The molecule has 0 fully saturated rings. The number of allylic oxidation sites excluding steroid dienone is 1. The van der Waals surface area contributed by atoms with Crippen LogP contribution in [0, 0.1) is 11.3 Å². The first-order valence-electron chi connectivity index (χ1n) is 9.93. The molecule has 0 spiro atoms. The Labute approximate surface area is 200 Å². The molecular formula is C25H19ClN2O4S. The number of esters is 1. The van der Waals surface area contributed by atoms with Gasteiger partial charge in [0.2, 0.25) is 5.88 Å². The molecule has 2 N–H and O–H groups in total. The van der Waals surface area contributed by atoms with Gasteiger partial charge in [-0.15, -0.1) is 11.8 Å². The van der Waals surface area contributed by atoms with Gasteiger partial charge in [-0.2, -0.15) is 5.26 Å². The van der Waals surface area contributed by atoms with Crippen LogP contribution < -0.4 is 19.9 Å². The van der Waals surface area contributed by atoms with Crippen molar-refractivity contribution in [2.75, 3.05) is 12.9 Å². The third-order valence-electron chi connectivity index (χ3n) is 5.04. The highest BCUT2D eigenvalue weighted by atomic mass is 35.5. The second-order valence-electron chi connectivity index (χ2n) is 7.11. The summed E-state index contributed by atoms with van der Waals surface area (Å²) in [5.41, 5.74) is 8.06. The van der Waals surface area contributed by atoms with Crippen LogP contribution in [0.3, 0.4) is 0 Å². The number of nitrogens with two attached hydrogens (primary N) is 1. The second-order valence-corrected chi connectivity index (χ2v) is 8.43. The molecule has 0 bridgehead atoms. The van der Waals surface area contributed by atoms with E-state index < -0.39 is 5.97 Å². The van der Waals surface area contributed by atoms with Crippen molar-refractivity contribution in [1.82, 2.24) is 0 Å². The lowest BCUT2D eigenvalue weighted by atomic mass is 9.83. The van der Waals surface area contributed by atoms with Crippen molar-refractivity contribution >= 4 is 29.3 Å². The smallest absolute Gasteiger partial charge is 0.349 e. The van der Waals surface area contributed by atoms with Gasteiger partial charge in [0.05, 0.1) is 5.92 Å². The summed E-state index contributed by atoms with van der Waals surface area (Å²) in [6.45, 7) is -0.273. The Morgan fingerprint density at radius 3 is 2.48 bits per heavy atom. The highest BCUT2D eigenvalue weighted by Crippen LogP contribution is 2.43. The zero-order valence-electron chi connectivity index (χ0n) is 17.6. The number of ether oxygens (including phenoxy) is 3. The van der Waals surface area contributed by atoms with E-state index in [9.17, 15) is 10.1 Å². The van der Waals surface area contributed by atoms with E-state index in [1.807, 2.05) is 30.5 Å². The second kappa shape index (κ2) is 9.90. The third kappa shape index (κ3) is 5.08. The molecule has 1 aliphatic heterocycles. The predicted octanol–water partition coefficient (Wildman–Crippen LogP) is 5.26. The van der Waals surface area contributed by atoms with Crippen molar-refractivity contribution in [3.63, 3.8) is 0 Å². The van der Waals surface area contributed by atoms with Crippen LogP contribution in [0.2, 0.25) is 5.02 Å². The normalized spacial score (nSPS) is 14.6. The molecule has 33 heavy (non-hydrogen) atoms. The zero-order valence-corrected chi connectivity index (χ0v) is 19.2. The summed E-state index contributed by atoms with van der Waals surface area (Å²) in [4.78, 5) is 13.4. The van der Waals surface area contributed by atoms with E-state index in [0.717, 1.165) is 16.0 Å². The van der Waals surface area contributed by atoms with Gasteiger partial charge in [0, 0.05) is 21.5 Å². The van der Waals surface area contributed by atoms with E-state index in [4.69, 9.17) is 31.5 Å². The number of benzene rings is 3. The average molecular weight is 479 g/mol. The van der Waals surface area contributed by atoms with Crippen LogP contribution >= 0.6 is 23.4 Å². The third-order valence-corrected chi connectivity index (χ3v) is 6.04. The molecule has 0 saturated carbocycles. The summed E-state index contributed by atoms with van der Waals surface area (Å²) in [5.74, 6) is 0.275. The summed E-state index contributed by atoms with van der Waals surface area (Å²) in [5, 5.41) is 10.3. The van der Waals surface area contributed by atoms with Crippen molar-refractivity contribution in [1.29, 1.82) is 5.26 Å². The van der Waals surface area contributed by atoms with Gasteiger partial charge in [-0.05, 0) is 54.3 Å². The minimum atomic E-state index is -0.578. The van der Waals surface area contributed by atoms with Crippen LogP contribution in [-0.2, 0) is 4.79 Å². The summed E-state index contributed by atoms with van der Waals surface area (Å²) < 4.78 is 16.5. The number of nitrogens with zero attached hydrogens (tertiary/aromatic N) is 1. The monoisotopic (exact) mass is 478 g/mol. The lowest BCUT2D eigenvalue weighted by Gasteiger charge is -2.26. The van der Waals surface area contributed by atoms with Crippen LogP contribution in [0.15, 0.2) is 83.1 Å². The van der Waals surface area contributed by atoms with Crippen molar-refractivity contribution < 1.29 is 19.0 Å². The highest BCUT2D eigenvalue weighted by Gasteiger charge is 2.31. The number of fused-ring (bicyclic) bond motifs is 1. The quantitative estimate of drug-likeness (QED) is 0.293. The van der Waals surface area contributed by atoms with Crippen LogP contribution in [0.4, 0.5) is 0 Å². The van der Waals surface area contributed by atoms with Crippen molar-refractivity contribution in [2.24, 2.45) is 5.73 Å². The molecule has 1 aliphatic rings. The fraction of sp³-hybridized carbons (Fsp3) is 0.120. The average Bonchev–Trinajstić information content (AvgIpc) is 2.83. The number of hydrogen-bond acceptors (Lipinski definition) is 7. The van der Waals surface area contributed by atoms with E-state index in [1.54, 1.807) is 54.2 Å². The molecular weight excluding hydrogens is 460 g/mol. The molecule has 1 atom stereocenters. The number of hydrogen-bond donors (Lipinski definition) is 1. The van der Waals surface area contributed by atoms with Crippen molar-refractivity contribution in [3.05, 3.63) is 94.3 Å². The number of thioether (sulfide) groups is 1. The van der Waals surface area contributed by atoms with Gasteiger partial charge in [-0.1, -0.05) is 29.8 Å². The molecule has 0 aliphatic carbocycles. The Morgan fingerprint density at radius 1 is 1.12 bits per heavy atom. The molecule has 6 nitrogen and oxygen atoms in total. The van der Waals surface area contributed by atoms with Crippen LogP contribution in [-0.4, -0.2) is 18.8 Å². The summed E-state index contributed by atoms with van der Waals surface area (Å²) >= 11 is 7.48. The molecule has 3 aromatic carbocycles. The van der Waals surface area contributed by atoms with Crippen LogP contribution in [0.25, 0.3) is 0 Å².